The van der Waals surface area contributed by atoms with Crippen molar-refractivity contribution in [2.45, 2.75) is 375 Å². The van der Waals surface area contributed by atoms with E-state index in [1.807, 2.05) is 45.9 Å². The Morgan fingerprint density at radius 1 is 0.482 bits per heavy atom. The number of carbonyl (C=O) groups is 2. The molecule has 2 aliphatic heterocycles. The summed E-state index contributed by atoms with van der Waals surface area (Å²) in [5.74, 6) is -0.958. The monoisotopic (exact) mass is 2190 g/mol. The third-order valence-corrected chi connectivity index (χ3v) is 52.6. The fourth-order valence-corrected chi connectivity index (χ4v) is 32.9. The van der Waals surface area contributed by atoms with Gasteiger partial charge < -0.3 is 55.6 Å². The summed E-state index contributed by atoms with van der Waals surface area (Å²) in [6, 6.07) is 63.9. The molecule has 2 fully saturated rings. The van der Waals surface area contributed by atoms with Gasteiger partial charge in [0.05, 0.1) is 37.6 Å². The minimum absolute atomic E-state index is 0. The Balaban J connectivity index is 0.000000350. The van der Waals surface area contributed by atoms with Crippen LogP contribution in [0.1, 0.15) is 241 Å². The van der Waals surface area contributed by atoms with Crippen LogP contribution in [-0.4, -0.2) is 175 Å². The molecule has 15 nitrogen and oxygen atoms in total. The molecule has 23 heteroatoms. The van der Waals surface area contributed by atoms with Crippen molar-refractivity contribution in [3.05, 3.63) is 240 Å². The van der Waals surface area contributed by atoms with Gasteiger partial charge in [-0.15, -0.1) is 0 Å². The molecule has 772 valence electrons. The van der Waals surface area contributed by atoms with E-state index in [2.05, 4.69) is 408 Å². The number of hydrogen-bond donors (Lipinski definition) is 0. The Kier molecular flexibility index (Phi) is 47.7. The van der Waals surface area contributed by atoms with Crippen LogP contribution in [0.5, 0.6) is 11.5 Å². The Labute approximate surface area is 869 Å². The van der Waals surface area contributed by atoms with Crippen LogP contribution in [0.3, 0.4) is 0 Å². The minimum atomic E-state index is -2.80. The van der Waals surface area contributed by atoms with Gasteiger partial charge in [0, 0.05) is 37.4 Å². The Hall–Kier alpha value is -5.51. The Morgan fingerprint density at radius 3 is 1.27 bits per heavy atom. The molecule has 9 rings (SSSR count). The van der Waals surface area contributed by atoms with Crippen molar-refractivity contribution in [3.63, 3.8) is 0 Å². The second-order valence-corrected chi connectivity index (χ2v) is 78.7. The van der Waals surface area contributed by atoms with Gasteiger partial charge in [0.25, 0.3) is 16.6 Å². The average molecular weight is 2190 g/mol. The molecular weight excluding hydrogens is 2010 g/mol. The first kappa shape index (κ1) is 122. The van der Waals surface area contributed by atoms with E-state index in [0.717, 1.165) is 64.2 Å². The zero-order chi connectivity index (χ0) is 103. The number of ether oxygens (including phenoxy) is 9. The van der Waals surface area contributed by atoms with Crippen LogP contribution in [0.2, 0.25) is 97.7 Å². The fraction of sp³-hybridized carbons (Fsp3) is 0.569. The number of unbranched alkanes of at least 4 members (excludes halogenated alkanes) is 2. The van der Waals surface area contributed by atoms with Crippen LogP contribution >= 0.6 is 22.6 Å². The summed E-state index contributed by atoms with van der Waals surface area (Å²) < 4.78 is 87.5. The van der Waals surface area contributed by atoms with Crippen molar-refractivity contribution in [1.29, 1.82) is 0 Å². The number of esters is 2. The van der Waals surface area contributed by atoms with E-state index in [1.165, 1.54) is 43.6 Å². The summed E-state index contributed by atoms with van der Waals surface area (Å²) in [6.07, 6.45) is 18.0. The van der Waals surface area contributed by atoms with Crippen molar-refractivity contribution in [1.82, 2.24) is 0 Å². The van der Waals surface area contributed by atoms with Gasteiger partial charge in [-0.1, -0.05) is 318 Å². The van der Waals surface area contributed by atoms with Crippen LogP contribution in [0.4, 0.5) is 0 Å². The molecule has 2 heterocycles. The molecule has 7 aromatic rings. The SMILES string of the molecule is C.CCCCOc1ccc(OCOC)c(C(=O)OCC[Si](C)(C)C)c1/C=C/C[C@@H]1OC(C)(C)O[C@@H]1C(/C=C\[C@@H](C)[C@@H](C)O[Si](c1ccccc1)(c1ccccc1)C(C)(C)C)O[Si](C)(C)C(C)(C)C.CCCCc1cc(C)c(C(=O)OCC[Si](C)(C)C)c(C[Se]c2ccccc2)c1.C[C@H](/C=C\C(O[Si](C)(C)C(C)(C)C)[C@H]1OC(C)(C)O[C@H]1CCI)[C@H](C)O[Si](c1ccccc1)(c1ccccc1)C(C)(C)C. The van der Waals surface area contributed by atoms with Gasteiger partial charge >= 0.3 is 184 Å². The molecule has 2 unspecified atom stereocenters. The summed E-state index contributed by atoms with van der Waals surface area (Å²) in [5.41, 5.74) is 5.27. The standard InChI is InChI=1S/C55H86O9Si3.C36H57IO4Si2.C24H34O2SeSi.CH4/c1-18-19-37-58-46-35-36-47(60-40-57-12)50(52(56)59-38-39-65(13,14)15)45(46)31-26-32-48-51(62-55(10,11)61-48)49(64-66(16,17)53(4,5)6)34-33-41(2)42(3)63-67(54(7,8)9,43-27-22-20-23-28-43)44-29-24-21-25-30-44;1-27(23-24-32(41-42(11,12)34(3,4)5)33-31(25-26-37)38-36(9,10)39-33)28(2)40-43(35(6,7)8,29-19-15-13-16-20-29)30-21-17-14-18-22-30;1-6-7-11-20-16-19(2)23(24(25)26-14-15-28(3,4)5)21(17-20)18-27-22-12-9-8-10-13-22;/h20-31,33-36,41-42,48-49,51H,18-19,32,37-40H2,1-17H3;13-24,27-28,31-33H,25-26H2,1-12H3;8-10,12-13,16-17H,6-7,11,14-15,18H2,1-5H3;1H4/b31-26+,34-33-;24-23-;;/t41-,42-,48+,49?,51+;27-,28+,31+,32?,33+;;/m11../s1. The van der Waals surface area contributed by atoms with Crippen LogP contribution in [0.15, 0.2) is 206 Å². The van der Waals surface area contributed by atoms with E-state index < -0.39 is 79.2 Å². The van der Waals surface area contributed by atoms with Gasteiger partial charge in [-0.2, -0.15) is 0 Å². The molecule has 10 atom stereocenters. The number of aryl methyl sites for hydroxylation is 2. The number of methoxy groups -OCH3 is 1. The second-order valence-electron chi connectivity index (χ2n) is 46.2. The Bertz CT molecular complexity index is 4840. The molecule has 0 saturated carbocycles. The average Bonchev–Trinajstić information content (AvgIpc) is 1.65. The minimum Gasteiger partial charge on any atom is -0.408 e. The fourth-order valence-electron chi connectivity index (χ4n) is 16.9. The van der Waals surface area contributed by atoms with Gasteiger partial charge in [-0.25, -0.2) is 4.79 Å². The van der Waals surface area contributed by atoms with Crippen LogP contribution in [0.25, 0.3) is 6.08 Å². The predicted octanol–water partition coefficient (Wildman–Crippen LogP) is 27.7. The molecule has 0 amide bonds. The van der Waals surface area contributed by atoms with Gasteiger partial charge in [0.2, 0.25) is 0 Å². The van der Waals surface area contributed by atoms with Gasteiger partial charge in [0.1, 0.15) is 29.3 Å². The normalized spacial score (nSPS) is 18.1. The second kappa shape index (κ2) is 54.2. The van der Waals surface area contributed by atoms with Gasteiger partial charge in [-0.3, -0.25) is 0 Å². The van der Waals surface area contributed by atoms with Gasteiger partial charge in [-0.05, 0) is 158 Å². The molecule has 0 N–H and O–H groups in total. The number of halogens is 1. The molecule has 0 aliphatic carbocycles. The maximum atomic E-state index is 14.0. The van der Waals surface area contributed by atoms with E-state index in [9.17, 15) is 9.59 Å². The number of carbonyl (C=O) groups excluding carboxylic acids is 2. The topological polar surface area (TPSA) is 154 Å². The summed E-state index contributed by atoms with van der Waals surface area (Å²) in [6.45, 7) is 75.2. The number of hydrogen-bond acceptors (Lipinski definition) is 15. The maximum absolute atomic E-state index is 14.0. The van der Waals surface area contributed by atoms with Crippen LogP contribution in [0, 0.1) is 18.8 Å². The zero-order valence-corrected chi connectivity index (χ0v) is 101. The van der Waals surface area contributed by atoms with E-state index >= 15 is 0 Å². The van der Waals surface area contributed by atoms with E-state index in [4.69, 9.17) is 60.3 Å². The third-order valence-electron chi connectivity index (χ3n) is 27.1. The van der Waals surface area contributed by atoms with Crippen molar-refractivity contribution in [3.8, 4) is 11.5 Å². The summed E-state index contributed by atoms with van der Waals surface area (Å²) in [4.78, 5) is 26.9. The quantitative estimate of drug-likeness (QED) is 0.00675. The zero-order valence-electron chi connectivity index (χ0n) is 91.0. The summed E-state index contributed by atoms with van der Waals surface area (Å²) in [5, 5.41) is 5.84. The first-order valence-corrected chi connectivity index (χ1v) is 71.3. The number of rotatable bonds is 46. The molecule has 139 heavy (non-hydrogen) atoms. The number of alkyl halides is 1. The van der Waals surface area contributed by atoms with Crippen molar-refractivity contribution in [2.75, 3.05) is 38.2 Å². The molecule has 2 saturated heterocycles. The van der Waals surface area contributed by atoms with Crippen LogP contribution in [-0.2, 0) is 62.6 Å². The molecular formula is C116H181IO15SeSi6. The molecule has 0 spiro atoms. The Morgan fingerprint density at radius 2 is 0.878 bits per heavy atom. The maximum Gasteiger partial charge on any atom is 0.261 e. The van der Waals surface area contributed by atoms with Crippen molar-refractivity contribution in [2.24, 2.45) is 11.8 Å². The predicted molar refractivity (Wildman–Crippen MR) is 610 cm³/mol. The van der Waals surface area contributed by atoms with Crippen LogP contribution < -0.4 is 34.7 Å². The third kappa shape index (κ3) is 36.0. The molecule has 0 radical (unpaired) electrons. The first-order chi connectivity index (χ1) is 64.4. The molecule has 0 bridgehead atoms. The van der Waals surface area contributed by atoms with Crippen molar-refractivity contribution < 1.29 is 69.9 Å². The van der Waals surface area contributed by atoms with E-state index in [-0.39, 0.29) is 88.8 Å². The van der Waals surface area contributed by atoms with Crippen molar-refractivity contribution >= 4 is 130 Å². The molecule has 0 aromatic heterocycles. The van der Waals surface area contributed by atoms with E-state index in [0.29, 0.717) is 63.8 Å². The number of benzene rings is 7. The summed E-state index contributed by atoms with van der Waals surface area (Å²) >= 11 is 2.74. The smallest absolute Gasteiger partial charge is 0.261 e. The van der Waals surface area contributed by atoms with Gasteiger partial charge in [0.15, 0.2) is 35.0 Å². The summed E-state index contributed by atoms with van der Waals surface area (Å²) in [7, 11) is -11.0. The first-order valence-electron chi connectivity index (χ1n) is 50.7. The molecule has 7 aromatic carbocycles. The largest absolute Gasteiger partial charge is 0.408 e. The molecule has 2 aliphatic rings. The van der Waals surface area contributed by atoms with E-state index in [1.54, 1.807) is 13.2 Å².